The van der Waals surface area contributed by atoms with Crippen molar-refractivity contribution in [3.8, 4) is 0 Å². The van der Waals surface area contributed by atoms with Gasteiger partial charge in [0, 0.05) is 20.1 Å². The van der Waals surface area contributed by atoms with Crippen LogP contribution in [-0.2, 0) is 20.7 Å². The van der Waals surface area contributed by atoms with Crippen molar-refractivity contribution in [1.29, 1.82) is 0 Å². The lowest BCUT2D eigenvalue weighted by atomic mass is 10.1. The largest absolute Gasteiger partial charge is 0.378 e. The van der Waals surface area contributed by atoms with Crippen LogP contribution >= 0.6 is 0 Å². The molecule has 1 aromatic carbocycles. The molecule has 1 aromatic rings. The second-order valence-corrected chi connectivity index (χ2v) is 5.52. The number of hydrogen-bond donors (Lipinski definition) is 0. The Morgan fingerprint density at radius 2 is 1.96 bits per heavy atom. The Bertz CT molecular complexity index is 576. The van der Waals surface area contributed by atoms with E-state index in [1.807, 2.05) is 30.3 Å². The first-order valence-electron chi connectivity index (χ1n) is 7.63. The number of carbonyl (C=O) groups excluding carboxylic acids is 2. The molecule has 1 fully saturated rings. The smallest absolute Gasteiger partial charge is 0.306 e. The lowest BCUT2D eigenvalue weighted by Crippen LogP contribution is -2.47. The molecular formula is C17H21N3O3. The summed E-state index contributed by atoms with van der Waals surface area (Å²) in [6, 6.07) is 8.65. The van der Waals surface area contributed by atoms with E-state index in [0.29, 0.717) is 32.7 Å². The maximum absolute atomic E-state index is 12.4. The Kier molecular flexibility index (Phi) is 6.12. The van der Waals surface area contributed by atoms with Crippen molar-refractivity contribution in [2.24, 2.45) is 0 Å². The van der Waals surface area contributed by atoms with Crippen molar-refractivity contribution in [3.05, 3.63) is 47.3 Å². The zero-order valence-electron chi connectivity index (χ0n) is 13.3. The third-order valence-corrected chi connectivity index (χ3v) is 3.83. The highest BCUT2D eigenvalue weighted by molar-refractivity contribution is 5.88. The van der Waals surface area contributed by atoms with Crippen molar-refractivity contribution in [1.82, 2.24) is 9.80 Å². The fourth-order valence-corrected chi connectivity index (χ4v) is 2.47. The van der Waals surface area contributed by atoms with E-state index in [1.165, 1.54) is 4.90 Å². The van der Waals surface area contributed by atoms with Crippen LogP contribution in [0.25, 0.3) is 4.85 Å². The van der Waals surface area contributed by atoms with Gasteiger partial charge in [-0.25, -0.2) is 6.57 Å². The van der Waals surface area contributed by atoms with Gasteiger partial charge in [0.2, 0.25) is 5.91 Å². The van der Waals surface area contributed by atoms with Gasteiger partial charge in [-0.3, -0.25) is 9.59 Å². The summed E-state index contributed by atoms with van der Waals surface area (Å²) in [5.74, 6) is -0.418. The van der Waals surface area contributed by atoms with Crippen LogP contribution in [0.2, 0.25) is 0 Å². The van der Waals surface area contributed by atoms with Crippen LogP contribution in [-0.4, -0.2) is 67.6 Å². The quantitative estimate of drug-likeness (QED) is 0.757. The highest BCUT2D eigenvalue weighted by Crippen LogP contribution is 2.09. The first-order valence-corrected chi connectivity index (χ1v) is 7.63. The molecule has 2 amide bonds. The van der Waals surface area contributed by atoms with Crippen LogP contribution in [0.1, 0.15) is 5.56 Å². The Hall–Kier alpha value is -2.39. The van der Waals surface area contributed by atoms with Crippen molar-refractivity contribution < 1.29 is 14.3 Å². The zero-order chi connectivity index (χ0) is 16.7. The molecule has 6 nitrogen and oxygen atoms in total. The summed E-state index contributed by atoms with van der Waals surface area (Å²) in [5, 5.41) is 0. The van der Waals surface area contributed by atoms with E-state index in [4.69, 9.17) is 11.3 Å². The minimum atomic E-state index is -0.792. The number of benzene rings is 1. The third-order valence-electron chi connectivity index (χ3n) is 3.83. The summed E-state index contributed by atoms with van der Waals surface area (Å²) < 4.78 is 5.21. The van der Waals surface area contributed by atoms with Crippen LogP contribution in [0.5, 0.6) is 0 Å². The summed E-state index contributed by atoms with van der Waals surface area (Å²) in [6.45, 7) is 9.44. The van der Waals surface area contributed by atoms with Gasteiger partial charge in [-0.2, -0.15) is 0 Å². The second-order valence-electron chi connectivity index (χ2n) is 5.52. The molecule has 122 valence electrons. The number of nitrogens with zero attached hydrogens (tertiary/aromatic N) is 3. The Morgan fingerprint density at radius 1 is 1.30 bits per heavy atom. The van der Waals surface area contributed by atoms with Crippen LogP contribution in [0, 0.1) is 6.57 Å². The molecule has 1 atom stereocenters. The minimum Gasteiger partial charge on any atom is -0.378 e. The minimum absolute atomic E-state index is 0.000354. The molecule has 0 aromatic heterocycles. The molecule has 23 heavy (non-hydrogen) atoms. The Labute approximate surface area is 136 Å². The third kappa shape index (κ3) is 4.80. The normalized spacial score (nSPS) is 15.6. The molecular weight excluding hydrogens is 294 g/mol. The average molecular weight is 315 g/mol. The summed E-state index contributed by atoms with van der Waals surface area (Å²) in [4.78, 5) is 31.1. The van der Waals surface area contributed by atoms with Gasteiger partial charge in [0.15, 0.2) is 0 Å². The molecule has 1 aliphatic heterocycles. The van der Waals surface area contributed by atoms with Crippen molar-refractivity contribution in [3.63, 3.8) is 0 Å². The van der Waals surface area contributed by atoms with E-state index >= 15 is 0 Å². The molecule has 1 aliphatic rings. The van der Waals surface area contributed by atoms with E-state index in [-0.39, 0.29) is 18.4 Å². The lowest BCUT2D eigenvalue weighted by Gasteiger charge is -2.28. The van der Waals surface area contributed by atoms with Crippen LogP contribution in [0.3, 0.4) is 0 Å². The van der Waals surface area contributed by atoms with E-state index in [9.17, 15) is 9.59 Å². The number of likely N-dealkylation sites (N-methyl/N-ethyl adjacent to an activating group) is 1. The lowest BCUT2D eigenvalue weighted by molar-refractivity contribution is -0.142. The van der Waals surface area contributed by atoms with E-state index in [1.54, 1.807) is 11.9 Å². The van der Waals surface area contributed by atoms with E-state index < -0.39 is 6.04 Å². The molecule has 0 spiro atoms. The molecule has 0 N–H and O–H groups in total. The summed E-state index contributed by atoms with van der Waals surface area (Å²) in [5.41, 5.74) is 0.940. The van der Waals surface area contributed by atoms with Crippen molar-refractivity contribution in [2.75, 3.05) is 39.9 Å². The van der Waals surface area contributed by atoms with Gasteiger partial charge < -0.3 is 19.4 Å². The highest BCUT2D eigenvalue weighted by Gasteiger charge is 2.29. The first-order chi connectivity index (χ1) is 11.1. The number of hydrogen-bond acceptors (Lipinski definition) is 3. The first kappa shape index (κ1) is 17.0. The topological polar surface area (TPSA) is 54.2 Å². The van der Waals surface area contributed by atoms with E-state index in [2.05, 4.69) is 4.85 Å². The van der Waals surface area contributed by atoms with Gasteiger partial charge in [-0.1, -0.05) is 30.3 Å². The molecule has 0 radical (unpaired) electrons. The van der Waals surface area contributed by atoms with Gasteiger partial charge in [-0.15, -0.1) is 0 Å². The molecule has 6 heteroatoms. The van der Waals surface area contributed by atoms with Gasteiger partial charge in [0.25, 0.3) is 0 Å². The predicted octanol–water partition coefficient (Wildman–Crippen LogP) is 0.834. The summed E-state index contributed by atoms with van der Waals surface area (Å²) in [6.07, 6.45) is 0.360. The predicted molar refractivity (Wildman–Crippen MR) is 85.6 cm³/mol. The van der Waals surface area contributed by atoms with Crippen LogP contribution < -0.4 is 0 Å². The Balaban J connectivity index is 1.91. The molecule has 1 saturated heterocycles. The monoisotopic (exact) mass is 315 g/mol. The molecule has 0 saturated carbocycles. The number of morpholine rings is 1. The fourth-order valence-electron chi connectivity index (χ4n) is 2.47. The maximum Gasteiger partial charge on any atom is 0.306 e. The van der Waals surface area contributed by atoms with Gasteiger partial charge in [0.05, 0.1) is 26.2 Å². The molecule has 2 rings (SSSR count). The van der Waals surface area contributed by atoms with E-state index in [0.717, 1.165) is 5.56 Å². The highest BCUT2D eigenvalue weighted by atomic mass is 16.5. The molecule has 1 heterocycles. The number of rotatable bonds is 5. The molecule has 0 aliphatic carbocycles. The zero-order valence-corrected chi connectivity index (χ0v) is 13.3. The fraction of sp³-hybridized carbons (Fsp3) is 0.471. The SMILES string of the molecule is [C-]#[N+][C@@H](Cc1ccccc1)C(=O)N(C)CC(=O)N1CCOCC1. The number of carbonyl (C=O) groups is 2. The number of ether oxygens (including phenoxy) is 1. The Morgan fingerprint density at radius 3 is 2.57 bits per heavy atom. The number of amides is 2. The molecule has 0 bridgehead atoms. The van der Waals surface area contributed by atoms with Crippen LogP contribution in [0.15, 0.2) is 30.3 Å². The molecule has 0 unspecified atom stereocenters. The van der Waals surface area contributed by atoms with Gasteiger partial charge in [-0.05, 0) is 5.56 Å². The van der Waals surface area contributed by atoms with Crippen molar-refractivity contribution in [2.45, 2.75) is 12.5 Å². The maximum atomic E-state index is 12.4. The summed E-state index contributed by atoms with van der Waals surface area (Å²) >= 11 is 0. The second kappa shape index (κ2) is 8.30. The average Bonchev–Trinajstić information content (AvgIpc) is 2.60. The van der Waals surface area contributed by atoms with Gasteiger partial charge >= 0.3 is 11.9 Å². The standard InChI is InChI=1S/C17H21N3O3/c1-18-15(12-14-6-4-3-5-7-14)17(22)19(2)13-16(21)20-8-10-23-11-9-20/h3-7,15H,8-13H2,2H3/t15-/m0/s1. The van der Waals surface area contributed by atoms with Crippen LogP contribution in [0.4, 0.5) is 0 Å². The van der Waals surface area contributed by atoms with Crippen molar-refractivity contribution >= 4 is 11.8 Å². The van der Waals surface area contributed by atoms with Gasteiger partial charge in [0.1, 0.15) is 0 Å². The summed E-state index contributed by atoms with van der Waals surface area (Å²) in [7, 11) is 1.57.